The third-order valence-corrected chi connectivity index (χ3v) is 5.74. The number of amides is 2. The topological polar surface area (TPSA) is 62.7 Å². The van der Waals surface area contributed by atoms with Gasteiger partial charge in [-0.2, -0.15) is 0 Å². The van der Waals surface area contributed by atoms with Crippen molar-refractivity contribution in [2.75, 3.05) is 20.2 Å². The van der Waals surface area contributed by atoms with Crippen LogP contribution in [0.3, 0.4) is 0 Å². The van der Waals surface area contributed by atoms with E-state index in [0.717, 1.165) is 22.4 Å². The highest BCUT2D eigenvalue weighted by Crippen LogP contribution is 2.22. The molecular weight excluding hydrogens is 402 g/mol. The maximum absolute atomic E-state index is 13.2. The molecule has 164 valence electrons. The number of hydrogen-bond donors (Lipinski definition) is 0. The third-order valence-electron chi connectivity index (χ3n) is 5.74. The number of rotatable bonds is 6. The fraction of sp³-hybridized carbons (Fsp3) is 0.269. The summed E-state index contributed by atoms with van der Waals surface area (Å²) in [5.41, 5.74) is 3.48. The molecule has 1 aliphatic heterocycles. The number of piperazine rings is 1. The molecule has 4 rings (SSSR count). The molecule has 32 heavy (non-hydrogen) atoms. The first-order valence-electron chi connectivity index (χ1n) is 10.7. The summed E-state index contributed by atoms with van der Waals surface area (Å²) in [6.45, 7) is 2.90. The molecule has 6 nitrogen and oxygen atoms in total. The van der Waals surface area contributed by atoms with Gasteiger partial charge in [-0.25, -0.2) is 0 Å². The smallest absolute Gasteiger partial charge is 0.272 e. The van der Waals surface area contributed by atoms with Crippen LogP contribution in [0.25, 0.3) is 0 Å². The van der Waals surface area contributed by atoms with E-state index >= 15 is 0 Å². The first kappa shape index (κ1) is 21.6. The normalized spacial score (nSPS) is 16.2. The van der Waals surface area contributed by atoms with Crippen molar-refractivity contribution in [3.63, 3.8) is 0 Å². The summed E-state index contributed by atoms with van der Waals surface area (Å²) < 4.78 is 5.34. The Morgan fingerprint density at radius 3 is 2.56 bits per heavy atom. The fourth-order valence-electron chi connectivity index (χ4n) is 4.03. The van der Waals surface area contributed by atoms with Crippen LogP contribution >= 0.6 is 0 Å². The molecule has 0 radical (unpaired) electrons. The van der Waals surface area contributed by atoms with Crippen molar-refractivity contribution in [2.24, 2.45) is 0 Å². The van der Waals surface area contributed by atoms with Gasteiger partial charge in [0.2, 0.25) is 5.91 Å². The SMILES string of the molecule is COc1cccc(CN2C(=O)CN(C(=O)c3ccc(C)cn3)C[C@@H]2Cc2ccccc2)c1. The summed E-state index contributed by atoms with van der Waals surface area (Å²) in [5, 5.41) is 0. The predicted octanol–water partition coefficient (Wildman–Crippen LogP) is 3.49. The maximum Gasteiger partial charge on any atom is 0.272 e. The van der Waals surface area contributed by atoms with Gasteiger partial charge in [0.1, 0.15) is 18.0 Å². The largest absolute Gasteiger partial charge is 0.497 e. The number of carbonyl (C=O) groups is 2. The zero-order valence-electron chi connectivity index (χ0n) is 18.4. The van der Waals surface area contributed by atoms with Crippen molar-refractivity contribution in [1.82, 2.24) is 14.8 Å². The van der Waals surface area contributed by atoms with Gasteiger partial charge >= 0.3 is 0 Å². The minimum Gasteiger partial charge on any atom is -0.497 e. The van der Waals surface area contributed by atoms with Crippen LogP contribution in [0.15, 0.2) is 72.9 Å². The van der Waals surface area contributed by atoms with Crippen molar-refractivity contribution >= 4 is 11.8 Å². The molecule has 2 amide bonds. The second kappa shape index (κ2) is 9.64. The van der Waals surface area contributed by atoms with E-state index in [2.05, 4.69) is 17.1 Å². The number of hydrogen-bond acceptors (Lipinski definition) is 4. The molecule has 6 heteroatoms. The van der Waals surface area contributed by atoms with Crippen molar-refractivity contribution < 1.29 is 14.3 Å². The van der Waals surface area contributed by atoms with E-state index in [0.29, 0.717) is 25.2 Å². The van der Waals surface area contributed by atoms with Crippen molar-refractivity contribution in [3.8, 4) is 5.75 Å². The van der Waals surface area contributed by atoms with Gasteiger partial charge in [0, 0.05) is 19.3 Å². The van der Waals surface area contributed by atoms with Gasteiger partial charge in [-0.1, -0.05) is 48.5 Å². The Morgan fingerprint density at radius 1 is 1.06 bits per heavy atom. The summed E-state index contributed by atoms with van der Waals surface area (Å²) in [6, 6.07) is 21.3. The molecule has 3 aromatic rings. The molecule has 0 spiro atoms. The van der Waals surface area contributed by atoms with E-state index in [1.54, 1.807) is 24.3 Å². The lowest BCUT2D eigenvalue weighted by Gasteiger charge is -2.41. The molecule has 0 unspecified atom stereocenters. The highest BCUT2D eigenvalue weighted by molar-refractivity contribution is 5.95. The van der Waals surface area contributed by atoms with Gasteiger partial charge in [0.15, 0.2) is 0 Å². The highest BCUT2D eigenvalue weighted by Gasteiger charge is 2.35. The van der Waals surface area contributed by atoms with Crippen LogP contribution < -0.4 is 4.74 Å². The van der Waals surface area contributed by atoms with Crippen molar-refractivity contribution in [1.29, 1.82) is 0 Å². The summed E-state index contributed by atoms with van der Waals surface area (Å²) in [7, 11) is 1.63. The first-order valence-corrected chi connectivity index (χ1v) is 10.7. The molecule has 2 aromatic carbocycles. The third kappa shape index (κ3) is 4.97. The van der Waals surface area contributed by atoms with Gasteiger partial charge in [0.25, 0.3) is 5.91 Å². The average molecular weight is 430 g/mol. The molecule has 0 aliphatic carbocycles. The maximum atomic E-state index is 13.2. The molecule has 1 aliphatic rings. The van der Waals surface area contributed by atoms with Gasteiger partial charge in [-0.05, 0) is 48.2 Å². The van der Waals surface area contributed by atoms with E-state index in [9.17, 15) is 9.59 Å². The van der Waals surface area contributed by atoms with E-state index in [1.807, 2.05) is 60.4 Å². The Balaban J connectivity index is 1.58. The van der Waals surface area contributed by atoms with Crippen molar-refractivity contribution in [2.45, 2.75) is 25.9 Å². The van der Waals surface area contributed by atoms with Crippen LogP contribution in [0.5, 0.6) is 5.75 Å². The van der Waals surface area contributed by atoms with Crippen LogP contribution in [0.1, 0.15) is 27.2 Å². The zero-order chi connectivity index (χ0) is 22.5. The van der Waals surface area contributed by atoms with E-state index in [4.69, 9.17) is 4.74 Å². The molecular formula is C26H27N3O3. The first-order chi connectivity index (χ1) is 15.5. The second-order valence-corrected chi connectivity index (χ2v) is 8.12. The van der Waals surface area contributed by atoms with Crippen LogP contribution in [0.2, 0.25) is 0 Å². The molecule has 0 bridgehead atoms. The Bertz CT molecular complexity index is 1080. The minimum atomic E-state index is -0.211. The zero-order valence-corrected chi connectivity index (χ0v) is 18.4. The van der Waals surface area contributed by atoms with Crippen LogP contribution in [-0.4, -0.2) is 52.8 Å². The summed E-state index contributed by atoms with van der Waals surface area (Å²) in [5.74, 6) is 0.478. The van der Waals surface area contributed by atoms with Gasteiger partial charge < -0.3 is 14.5 Å². The number of methoxy groups -OCH3 is 1. The van der Waals surface area contributed by atoms with Crippen LogP contribution in [-0.2, 0) is 17.8 Å². The Hall–Kier alpha value is -3.67. The van der Waals surface area contributed by atoms with Crippen molar-refractivity contribution in [3.05, 3.63) is 95.3 Å². The van der Waals surface area contributed by atoms with Gasteiger partial charge in [-0.3, -0.25) is 14.6 Å². The van der Waals surface area contributed by atoms with E-state index in [1.165, 1.54) is 0 Å². The highest BCUT2D eigenvalue weighted by atomic mass is 16.5. The molecule has 1 fully saturated rings. The van der Waals surface area contributed by atoms with Crippen LogP contribution in [0.4, 0.5) is 0 Å². The Labute approximate surface area is 188 Å². The quantitative estimate of drug-likeness (QED) is 0.602. The molecule has 0 saturated carbocycles. The Kier molecular flexibility index (Phi) is 6.50. The second-order valence-electron chi connectivity index (χ2n) is 8.12. The molecule has 2 heterocycles. The molecule has 1 saturated heterocycles. The lowest BCUT2D eigenvalue weighted by molar-refractivity contribution is -0.139. The molecule has 1 aromatic heterocycles. The number of pyridine rings is 1. The summed E-state index contributed by atoms with van der Waals surface area (Å²) in [4.78, 5) is 34.1. The van der Waals surface area contributed by atoms with E-state index < -0.39 is 0 Å². The monoisotopic (exact) mass is 429 g/mol. The number of carbonyl (C=O) groups excluding carboxylic acids is 2. The minimum absolute atomic E-state index is 0.0453. The number of ether oxygens (including phenoxy) is 1. The molecule has 0 N–H and O–H groups in total. The average Bonchev–Trinajstić information content (AvgIpc) is 2.82. The number of nitrogens with zero attached hydrogens (tertiary/aromatic N) is 3. The number of benzene rings is 2. The summed E-state index contributed by atoms with van der Waals surface area (Å²) in [6.07, 6.45) is 2.34. The van der Waals surface area contributed by atoms with E-state index in [-0.39, 0.29) is 24.4 Å². The standard InChI is InChI=1S/C26H27N3O3/c1-19-11-12-24(27-15-19)26(31)28-17-22(13-20-7-4-3-5-8-20)29(25(30)18-28)16-21-9-6-10-23(14-21)32-2/h3-12,14-15,22H,13,16-18H2,1-2H3/t22-/m0/s1. The summed E-state index contributed by atoms with van der Waals surface area (Å²) >= 11 is 0. The predicted molar refractivity (Wildman–Crippen MR) is 122 cm³/mol. The lowest BCUT2D eigenvalue weighted by atomic mass is 10.0. The molecule has 1 atom stereocenters. The number of aryl methyl sites for hydroxylation is 1. The number of aromatic nitrogens is 1. The fourth-order valence-corrected chi connectivity index (χ4v) is 4.03. The lowest BCUT2D eigenvalue weighted by Crippen LogP contribution is -2.58. The van der Waals surface area contributed by atoms with Gasteiger partial charge in [-0.15, -0.1) is 0 Å². The van der Waals surface area contributed by atoms with Gasteiger partial charge in [0.05, 0.1) is 13.2 Å². The Morgan fingerprint density at radius 2 is 1.84 bits per heavy atom. The van der Waals surface area contributed by atoms with Crippen LogP contribution in [0, 0.1) is 6.92 Å².